The number of benzene rings is 2. The van der Waals surface area contributed by atoms with Gasteiger partial charge in [-0.3, -0.25) is 4.79 Å². The van der Waals surface area contributed by atoms with Crippen LogP contribution in [0.15, 0.2) is 58.3 Å². The molecule has 10 heteroatoms. The zero-order chi connectivity index (χ0) is 26.2. The number of rotatable bonds is 13. The number of unbranched alkanes of at least 4 members (excludes halogenated alkanes) is 1. The number of sulfonamides is 2. The minimum atomic E-state index is -3.71. The van der Waals surface area contributed by atoms with Crippen molar-refractivity contribution in [1.82, 2.24) is 9.03 Å². The van der Waals surface area contributed by atoms with Crippen molar-refractivity contribution >= 4 is 31.6 Å². The molecular weight excluding hydrogens is 486 g/mol. The second-order valence-electron chi connectivity index (χ2n) is 9.37. The number of amides is 1. The van der Waals surface area contributed by atoms with E-state index in [1.807, 2.05) is 34.6 Å². The summed E-state index contributed by atoms with van der Waals surface area (Å²) in [7, 11) is -7.38. The highest BCUT2D eigenvalue weighted by Gasteiger charge is 2.26. The van der Waals surface area contributed by atoms with Crippen molar-refractivity contribution in [3.05, 3.63) is 54.1 Å². The van der Waals surface area contributed by atoms with Gasteiger partial charge in [0.1, 0.15) is 0 Å². The van der Waals surface area contributed by atoms with E-state index in [9.17, 15) is 21.6 Å². The SMILES string of the molecule is CCCCNS(=O)(=O)c1cccc(C(=O)Nc2ccc(S(=O)(=O)N(CC(C)C)CC(C)C)cc2)c1. The van der Waals surface area contributed by atoms with Crippen molar-refractivity contribution in [1.29, 1.82) is 0 Å². The van der Waals surface area contributed by atoms with Crippen LogP contribution in [-0.2, 0) is 20.0 Å². The molecule has 194 valence electrons. The molecule has 0 aliphatic heterocycles. The predicted molar refractivity (Wildman–Crippen MR) is 139 cm³/mol. The van der Waals surface area contributed by atoms with Gasteiger partial charge >= 0.3 is 0 Å². The molecule has 2 aromatic rings. The van der Waals surface area contributed by atoms with E-state index in [0.29, 0.717) is 25.3 Å². The van der Waals surface area contributed by atoms with Gasteiger partial charge in [0, 0.05) is 30.9 Å². The normalized spacial score (nSPS) is 12.5. The molecule has 0 bridgehead atoms. The molecule has 2 aromatic carbocycles. The highest BCUT2D eigenvalue weighted by Crippen LogP contribution is 2.21. The maximum atomic E-state index is 13.2. The van der Waals surface area contributed by atoms with Crippen LogP contribution in [-0.4, -0.2) is 46.7 Å². The third-order valence-electron chi connectivity index (χ3n) is 5.12. The van der Waals surface area contributed by atoms with Crippen LogP contribution in [0.3, 0.4) is 0 Å². The van der Waals surface area contributed by atoms with Crippen molar-refractivity contribution in [3.63, 3.8) is 0 Å². The Bertz CT molecular complexity index is 1180. The van der Waals surface area contributed by atoms with Crippen LogP contribution in [0.2, 0.25) is 0 Å². The Hall–Kier alpha value is -2.27. The van der Waals surface area contributed by atoms with Crippen LogP contribution in [0.5, 0.6) is 0 Å². The van der Waals surface area contributed by atoms with Crippen molar-refractivity contribution in [2.45, 2.75) is 57.3 Å². The van der Waals surface area contributed by atoms with Gasteiger partial charge in [0.25, 0.3) is 5.91 Å². The Balaban J connectivity index is 2.17. The van der Waals surface area contributed by atoms with E-state index < -0.39 is 26.0 Å². The summed E-state index contributed by atoms with van der Waals surface area (Å²) < 4.78 is 55.3. The molecule has 0 aromatic heterocycles. The van der Waals surface area contributed by atoms with Crippen LogP contribution in [0, 0.1) is 11.8 Å². The summed E-state index contributed by atoms with van der Waals surface area (Å²) in [5.41, 5.74) is 0.586. The summed E-state index contributed by atoms with van der Waals surface area (Å²) in [5.74, 6) is -0.125. The first-order valence-electron chi connectivity index (χ1n) is 11.9. The highest BCUT2D eigenvalue weighted by molar-refractivity contribution is 7.89. The molecule has 0 spiro atoms. The van der Waals surface area contributed by atoms with Crippen molar-refractivity contribution in [2.24, 2.45) is 11.8 Å². The summed E-state index contributed by atoms with van der Waals surface area (Å²) in [5, 5.41) is 2.70. The summed E-state index contributed by atoms with van der Waals surface area (Å²) >= 11 is 0. The lowest BCUT2D eigenvalue weighted by Gasteiger charge is -2.25. The molecule has 35 heavy (non-hydrogen) atoms. The fourth-order valence-electron chi connectivity index (χ4n) is 3.42. The monoisotopic (exact) mass is 523 g/mol. The number of anilines is 1. The van der Waals surface area contributed by atoms with E-state index in [4.69, 9.17) is 0 Å². The van der Waals surface area contributed by atoms with Crippen molar-refractivity contribution in [2.75, 3.05) is 25.0 Å². The molecule has 0 saturated heterocycles. The van der Waals surface area contributed by atoms with Gasteiger partial charge in [0.15, 0.2) is 0 Å². The minimum Gasteiger partial charge on any atom is -0.322 e. The van der Waals surface area contributed by atoms with E-state index in [0.717, 1.165) is 12.8 Å². The van der Waals surface area contributed by atoms with E-state index in [-0.39, 0.29) is 27.2 Å². The molecule has 0 heterocycles. The minimum absolute atomic E-state index is 0.0121. The van der Waals surface area contributed by atoms with E-state index in [1.54, 1.807) is 0 Å². The maximum absolute atomic E-state index is 13.2. The number of nitrogens with zero attached hydrogens (tertiary/aromatic N) is 1. The quantitative estimate of drug-likeness (QED) is 0.380. The first kappa shape index (κ1) is 29.0. The second-order valence-corrected chi connectivity index (χ2v) is 13.1. The van der Waals surface area contributed by atoms with E-state index >= 15 is 0 Å². The van der Waals surface area contributed by atoms with Crippen molar-refractivity contribution in [3.8, 4) is 0 Å². The molecule has 1 amide bonds. The molecule has 8 nitrogen and oxygen atoms in total. The molecule has 2 N–H and O–H groups in total. The van der Waals surface area contributed by atoms with Gasteiger partial charge in [-0.25, -0.2) is 21.6 Å². The summed E-state index contributed by atoms with van der Waals surface area (Å²) in [6, 6.07) is 11.8. The summed E-state index contributed by atoms with van der Waals surface area (Å²) in [6.07, 6.45) is 1.58. The maximum Gasteiger partial charge on any atom is 0.255 e. The van der Waals surface area contributed by atoms with Crippen LogP contribution in [0.25, 0.3) is 0 Å². The lowest BCUT2D eigenvalue weighted by molar-refractivity contribution is 0.102. The van der Waals surface area contributed by atoms with Crippen molar-refractivity contribution < 1.29 is 21.6 Å². The third-order valence-corrected chi connectivity index (χ3v) is 8.42. The summed E-state index contributed by atoms with van der Waals surface area (Å²) in [4.78, 5) is 12.9. The van der Waals surface area contributed by atoms with Gasteiger partial charge in [0.2, 0.25) is 20.0 Å². The third kappa shape index (κ3) is 8.42. The molecule has 2 rings (SSSR count). The molecule has 0 aliphatic carbocycles. The Kier molecular flexibility index (Phi) is 10.4. The first-order valence-corrected chi connectivity index (χ1v) is 14.8. The molecule has 0 radical (unpaired) electrons. The molecule has 0 saturated carbocycles. The fourth-order valence-corrected chi connectivity index (χ4v) is 6.31. The Labute approximate surface area is 210 Å². The average Bonchev–Trinajstić information content (AvgIpc) is 2.78. The molecular formula is C25H37N3O5S2. The molecule has 0 atom stereocenters. The zero-order valence-corrected chi connectivity index (χ0v) is 22.7. The van der Waals surface area contributed by atoms with Crippen LogP contribution < -0.4 is 10.0 Å². The zero-order valence-electron chi connectivity index (χ0n) is 21.1. The highest BCUT2D eigenvalue weighted by atomic mass is 32.2. The standard InChI is InChI=1S/C25H37N3O5S2/c1-6-7-15-26-34(30,31)24-10-8-9-21(16-24)25(29)27-22-11-13-23(14-12-22)35(32,33)28(17-19(2)3)18-20(4)5/h8-14,16,19-20,26H,6-7,15,17-18H2,1-5H3,(H,27,29). The van der Waals surface area contributed by atoms with Gasteiger partial charge < -0.3 is 5.32 Å². The molecule has 0 fully saturated rings. The van der Waals surface area contributed by atoms with Gasteiger partial charge in [-0.15, -0.1) is 0 Å². The lowest BCUT2D eigenvalue weighted by Crippen LogP contribution is -2.37. The largest absolute Gasteiger partial charge is 0.322 e. The van der Waals surface area contributed by atoms with E-state index in [2.05, 4.69) is 10.0 Å². The predicted octanol–water partition coefficient (Wildman–Crippen LogP) is 4.32. The number of carbonyl (C=O) groups excluding carboxylic acids is 1. The Morgan fingerprint density at radius 2 is 1.49 bits per heavy atom. The van der Waals surface area contributed by atoms with Gasteiger partial charge in [0.05, 0.1) is 9.79 Å². The van der Waals surface area contributed by atoms with Gasteiger partial charge in [-0.05, 0) is 60.7 Å². The number of hydrogen-bond acceptors (Lipinski definition) is 5. The Morgan fingerprint density at radius 1 is 0.886 bits per heavy atom. The van der Waals surface area contributed by atoms with Gasteiger partial charge in [-0.2, -0.15) is 4.31 Å². The molecule has 0 unspecified atom stereocenters. The van der Waals surface area contributed by atoms with Crippen LogP contribution in [0.4, 0.5) is 5.69 Å². The number of nitrogens with one attached hydrogen (secondary N) is 2. The smallest absolute Gasteiger partial charge is 0.255 e. The van der Waals surface area contributed by atoms with Crippen LogP contribution >= 0.6 is 0 Å². The van der Waals surface area contributed by atoms with E-state index in [1.165, 1.54) is 52.8 Å². The fraction of sp³-hybridized carbons (Fsp3) is 0.480. The number of hydrogen-bond donors (Lipinski definition) is 2. The average molecular weight is 524 g/mol. The first-order chi connectivity index (χ1) is 16.4. The Morgan fingerprint density at radius 3 is 2.03 bits per heavy atom. The molecule has 0 aliphatic rings. The lowest BCUT2D eigenvalue weighted by atomic mass is 10.2. The van der Waals surface area contributed by atoms with Gasteiger partial charge in [-0.1, -0.05) is 47.1 Å². The second kappa shape index (κ2) is 12.6. The number of carbonyl (C=O) groups is 1. The van der Waals surface area contributed by atoms with Crippen LogP contribution in [0.1, 0.15) is 57.8 Å². The summed E-state index contributed by atoms with van der Waals surface area (Å²) in [6.45, 7) is 11.0. The topological polar surface area (TPSA) is 113 Å².